The molecule has 1 heterocycles. The summed E-state index contributed by atoms with van der Waals surface area (Å²) < 4.78 is 30.7. The number of hydrogen-bond acceptors (Lipinski definition) is 3. The topological polar surface area (TPSA) is 55.6 Å². The van der Waals surface area contributed by atoms with Crippen LogP contribution in [0.25, 0.3) is 0 Å². The van der Waals surface area contributed by atoms with Crippen LogP contribution in [-0.2, 0) is 4.74 Å². The molecule has 2 N–H and O–H groups in total. The minimum atomic E-state index is -0.869. The number of nitrogens with zero attached hydrogens (tertiary/aromatic N) is 1. The van der Waals surface area contributed by atoms with Crippen LogP contribution in [-0.4, -0.2) is 19.2 Å². The van der Waals surface area contributed by atoms with Gasteiger partial charge in [0.1, 0.15) is 18.1 Å². The molecule has 0 radical (unpaired) electrons. The van der Waals surface area contributed by atoms with Crippen molar-refractivity contribution in [2.45, 2.75) is 0 Å². The van der Waals surface area contributed by atoms with Crippen molar-refractivity contribution in [3.8, 4) is 0 Å². The zero-order valence-corrected chi connectivity index (χ0v) is 7.67. The summed E-state index contributed by atoms with van der Waals surface area (Å²) in [6, 6.07) is 1.64. The first kappa shape index (κ1) is 9.70. The Kier molecular flexibility index (Phi) is 2.18. The van der Waals surface area contributed by atoms with Gasteiger partial charge in [0.05, 0.1) is 12.2 Å². The van der Waals surface area contributed by atoms with E-state index in [0.717, 1.165) is 11.0 Å². The molecule has 1 amide bonds. The summed E-state index contributed by atoms with van der Waals surface area (Å²) in [5.41, 5.74) is 5.19. The lowest BCUT2D eigenvalue weighted by atomic mass is 10.2. The molecule has 0 aromatic heterocycles. The van der Waals surface area contributed by atoms with Gasteiger partial charge in [-0.15, -0.1) is 0 Å². The Labute approximate surface area is 84.2 Å². The molecule has 4 nitrogen and oxygen atoms in total. The van der Waals surface area contributed by atoms with E-state index in [1.54, 1.807) is 0 Å². The van der Waals surface area contributed by atoms with E-state index >= 15 is 0 Å². The minimum absolute atomic E-state index is 0.119. The summed E-state index contributed by atoms with van der Waals surface area (Å²) in [5.74, 6) is -1.65. The number of carbonyl (C=O) groups excluding carboxylic acids is 1. The Hall–Kier alpha value is -1.85. The van der Waals surface area contributed by atoms with Crippen LogP contribution in [0.4, 0.5) is 25.0 Å². The van der Waals surface area contributed by atoms with E-state index in [-0.39, 0.29) is 24.5 Å². The largest absolute Gasteiger partial charge is 0.447 e. The van der Waals surface area contributed by atoms with Gasteiger partial charge in [-0.05, 0) is 6.07 Å². The fraction of sp³-hybridized carbons (Fsp3) is 0.222. The molecule has 0 saturated carbocycles. The van der Waals surface area contributed by atoms with Crippen molar-refractivity contribution >= 4 is 17.5 Å². The number of ether oxygens (including phenoxy) is 1. The second-order valence-electron chi connectivity index (χ2n) is 3.09. The van der Waals surface area contributed by atoms with Gasteiger partial charge in [-0.1, -0.05) is 0 Å². The Morgan fingerprint density at radius 1 is 1.40 bits per heavy atom. The molecule has 15 heavy (non-hydrogen) atoms. The highest BCUT2D eigenvalue weighted by Gasteiger charge is 2.28. The van der Waals surface area contributed by atoms with Gasteiger partial charge in [0.15, 0.2) is 5.82 Å². The van der Waals surface area contributed by atoms with Crippen molar-refractivity contribution < 1.29 is 18.3 Å². The standard InChI is InChI=1S/C9H8F2N2O2/c10-5-3-6(11)8(7(12)4-5)13-1-2-15-9(13)14/h3-4H,1-2,12H2. The predicted octanol–water partition coefficient (Wildman–Crippen LogP) is 1.50. The van der Waals surface area contributed by atoms with Crippen molar-refractivity contribution in [1.29, 1.82) is 0 Å². The van der Waals surface area contributed by atoms with Crippen molar-refractivity contribution in [2.24, 2.45) is 0 Å². The van der Waals surface area contributed by atoms with E-state index in [1.807, 2.05) is 0 Å². The van der Waals surface area contributed by atoms with Crippen molar-refractivity contribution in [3.63, 3.8) is 0 Å². The van der Waals surface area contributed by atoms with E-state index in [0.29, 0.717) is 6.07 Å². The molecule has 1 fully saturated rings. The van der Waals surface area contributed by atoms with Crippen molar-refractivity contribution in [3.05, 3.63) is 23.8 Å². The average Bonchev–Trinajstić information content (AvgIpc) is 2.50. The van der Waals surface area contributed by atoms with Crippen LogP contribution in [0.15, 0.2) is 12.1 Å². The van der Waals surface area contributed by atoms with Crippen LogP contribution in [0, 0.1) is 11.6 Å². The number of anilines is 2. The van der Waals surface area contributed by atoms with Gasteiger partial charge >= 0.3 is 6.09 Å². The van der Waals surface area contributed by atoms with Crippen molar-refractivity contribution in [1.82, 2.24) is 0 Å². The molecule has 1 aromatic carbocycles. The van der Waals surface area contributed by atoms with Crippen LogP contribution < -0.4 is 10.6 Å². The molecular formula is C9H8F2N2O2. The third-order valence-electron chi connectivity index (χ3n) is 2.09. The number of cyclic esters (lactones) is 1. The molecule has 0 spiro atoms. The van der Waals surface area contributed by atoms with Gasteiger partial charge in [0.25, 0.3) is 0 Å². The number of hydrogen-bond donors (Lipinski definition) is 1. The lowest BCUT2D eigenvalue weighted by Crippen LogP contribution is -2.25. The summed E-state index contributed by atoms with van der Waals surface area (Å²) in [4.78, 5) is 12.2. The third-order valence-corrected chi connectivity index (χ3v) is 2.09. The summed E-state index contributed by atoms with van der Waals surface area (Å²) in [6.07, 6.45) is -0.674. The van der Waals surface area contributed by atoms with Crippen LogP contribution in [0.2, 0.25) is 0 Å². The molecule has 0 atom stereocenters. The van der Waals surface area contributed by atoms with E-state index in [9.17, 15) is 13.6 Å². The van der Waals surface area contributed by atoms with Gasteiger partial charge in [-0.3, -0.25) is 4.90 Å². The highest BCUT2D eigenvalue weighted by atomic mass is 19.1. The first-order chi connectivity index (χ1) is 7.09. The Morgan fingerprint density at radius 2 is 2.13 bits per heavy atom. The molecule has 1 aliphatic rings. The zero-order valence-electron chi connectivity index (χ0n) is 7.67. The van der Waals surface area contributed by atoms with E-state index in [4.69, 9.17) is 5.73 Å². The number of halogens is 2. The smallest absolute Gasteiger partial charge is 0.414 e. The Morgan fingerprint density at radius 3 is 2.67 bits per heavy atom. The summed E-state index contributed by atoms with van der Waals surface area (Å²) >= 11 is 0. The van der Waals surface area contributed by atoms with E-state index in [2.05, 4.69) is 4.74 Å². The highest BCUT2D eigenvalue weighted by Crippen LogP contribution is 2.29. The third kappa shape index (κ3) is 1.58. The number of nitrogens with two attached hydrogens (primary N) is 1. The lowest BCUT2D eigenvalue weighted by Gasteiger charge is -2.15. The number of benzene rings is 1. The summed E-state index contributed by atoms with van der Waals surface area (Å²) in [7, 11) is 0. The summed E-state index contributed by atoms with van der Waals surface area (Å²) in [5, 5.41) is 0. The normalized spacial score (nSPS) is 15.6. The quantitative estimate of drug-likeness (QED) is 0.721. The molecule has 0 aliphatic carbocycles. The molecular weight excluding hydrogens is 206 g/mol. The van der Waals surface area contributed by atoms with Crippen LogP contribution in [0.3, 0.4) is 0 Å². The maximum absolute atomic E-state index is 13.4. The van der Waals surface area contributed by atoms with Crippen molar-refractivity contribution in [2.75, 3.05) is 23.8 Å². The molecule has 6 heteroatoms. The van der Waals surface area contributed by atoms with Gasteiger partial charge < -0.3 is 10.5 Å². The fourth-order valence-corrected chi connectivity index (χ4v) is 1.47. The zero-order chi connectivity index (χ0) is 11.0. The fourth-order valence-electron chi connectivity index (χ4n) is 1.47. The molecule has 0 unspecified atom stereocenters. The maximum Gasteiger partial charge on any atom is 0.414 e. The van der Waals surface area contributed by atoms with E-state index < -0.39 is 17.7 Å². The highest BCUT2D eigenvalue weighted by molar-refractivity contribution is 5.93. The molecule has 2 rings (SSSR count). The first-order valence-corrected chi connectivity index (χ1v) is 4.28. The van der Waals surface area contributed by atoms with Gasteiger partial charge in [-0.2, -0.15) is 0 Å². The summed E-state index contributed by atoms with van der Waals surface area (Å²) in [6.45, 7) is 0.390. The lowest BCUT2D eigenvalue weighted by molar-refractivity contribution is 0.181. The van der Waals surface area contributed by atoms with Crippen LogP contribution in [0.1, 0.15) is 0 Å². The van der Waals surface area contributed by atoms with Crippen LogP contribution >= 0.6 is 0 Å². The number of amides is 1. The molecule has 1 aromatic rings. The second-order valence-corrected chi connectivity index (χ2v) is 3.09. The van der Waals surface area contributed by atoms with Gasteiger partial charge in [0, 0.05) is 6.07 Å². The molecule has 0 bridgehead atoms. The molecule has 80 valence electrons. The predicted molar refractivity (Wildman–Crippen MR) is 49.5 cm³/mol. The second kappa shape index (κ2) is 3.38. The molecule has 1 aliphatic heterocycles. The Bertz CT molecular complexity index is 400. The van der Waals surface area contributed by atoms with Crippen LogP contribution in [0.5, 0.6) is 0 Å². The van der Waals surface area contributed by atoms with Gasteiger partial charge in [-0.25, -0.2) is 13.6 Å². The maximum atomic E-state index is 13.4. The monoisotopic (exact) mass is 214 g/mol. The van der Waals surface area contributed by atoms with E-state index in [1.165, 1.54) is 0 Å². The molecule has 1 saturated heterocycles. The first-order valence-electron chi connectivity index (χ1n) is 4.28. The minimum Gasteiger partial charge on any atom is -0.447 e. The number of nitrogen functional groups attached to an aromatic ring is 1. The number of carbonyl (C=O) groups is 1. The number of rotatable bonds is 1. The SMILES string of the molecule is Nc1cc(F)cc(F)c1N1CCOC1=O. The average molecular weight is 214 g/mol. The Balaban J connectivity index is 2.47. The van der Waals surface area contributed by atoms with Gasteiger partial charge in [0.2, 0.25) is 0 Å².